The van der Waals surface area contributed by atoms with Crippen molar-refractivity contribution >= 4 is 22.8 Å². The number of hydrogen-bond acceptors (Lipinski definition) is 9. The summed E-state index contributed by atoms with van der Waals surface area (Å²) < 4.78 is 22.4. The molecule has 10 heteroatoms. The SMILES string of the molecule is CCc1c2c(nc3ccc(OC)cc13)-c1cc3c(c(=O)n1C2)COC(=O)[C@]3(O)CCOC(=O)c1ccco1. The van der Waals surface area contributed by atoms with Crippen molar-refractivity contribution < 1.29 is 33.3 Å². The smallest absolute Gasteiger partial charge is 0.374 e. The molecule has 1 N–H and O–H groups in total. The average molecular weight is 517 g/mol. The number of benzene rings is 1. The molecule has 38 heavy (non-hydrogen) atoms. The van der Waals surface area contributed by atoms with Gasteiger partial charge >= 0.3 is 11.9 Å². The summed E-state index contributed by atoms with van der Waals surface area (Å²) in [6.07, 6.45) is 1.75. The predicted octanol–water partition coefficient (Wildman–Crippen LogP) is 3.08. The topological polar surface area (TPSA) is 130 Å². The predicted molar refractivity (Wildman–Crippen MR) is 134 cm³/mol. The van der Waals surface area contributed by atoms with E-state index in [2.05, 4.69) is 0 Å². The van der Waals surface area contributed by atoms with Crippen LogP contribution in [0.15, 0.2) is 51.9 Å². The largest absolute Gasteiger partial charge is 0.497 e. The molecule has 5 heterocycles. The molecule has 4 aromatic rings. The minimum absolute atomic E-state index is 0.000990. The Balaban J connectivity index is 1.43. The number of hydrogen-bond donors (Lipinski definition) is 1. The molecule has 6 rings (SSSR count). The highest BCUT2D eigenvalue weighted by molar-refractivity contribution is 5.90. The van der Waals surface area contributed by atoms with Gasteiger partial charge in [-0.25, -0.2) is 14.6 Å². The van der Waals surface area contributed by atoms with E-state index in [1.54, 1.807) is 23.8 Å². The number of nitrogens with zero attached hydrogens (tertiary/aromatic N) is 2. The summed E-state index contributed by atoms with van der Waals surface area (Å²) in [6.45, 7) is 1.80. The number of rotatable bonds is 6. The Labute approximate surface area is 216 Å². The first-order chi connectivity index (χ1) is 18.4. The molecular formula is C28H24N2O8. The molecule has 0 saturated heterocycles. The van der Waals surface area contributed by atoms with Gasteiger partial charge in [-0.3, -0.25) is 4.79 Å². The second-order valence-corrected chi connectivity index (χ2v) is 9.27. The van der Waals surface area contributed by atoms with Crippen molar-refractivity contribution in [2.45, 2.75) is 38.5 Å². The maximum atomic E-state index is 13.6. The third-order valence-corrected chi connectivity index (χ3v) is 7.27. The lowest BCUT2D eigenvalue weighted by molar-refractivity contribution is -0.173. The van der Waals surface area contributed by atoms with Crippen LogP contribution in [0.1, 0.15) is 46.2 Å². The van der Waals surface area contributed by atoms with Crippen LogP contribution < -0.4 is 10.3 Å². The van der Waals surface area contributed by atoms with Gasteiger partial charge in [0.1, 0.15) is 12.4 Å². The van der Waals surface area contributed by atoms with Crippen molar-refractivity contribution in [2.24, 2.45) is 0 Å². The third kappa shape index (κ3) is 3.52. The average Bonchev–Trinajstić information content (AvgIpc) is 3.59. The van der Waals surface area contributed by atoms with Crippen LogP contribution in [-0.4, -0.2) is 40.3 Å². The van der Waals surface area contributed by atoms with E-state index in [0.29, 0.717) is 30.1 Å². The molecule has 2 aliphatic heterocycles. The standard InChI is InChI=1S/C28H24N2O8/c1-3-16-17-11-15(35-2)6-7-21(17)29-24-18(16)13-30-22(24)12-20-19(25(30)31)14-38-27(33)28(20,34)8-10-37-26(32)23-5-4-9-36-23/h4-7,9,11-12,34H,3,8,10,13-14H2,1-2H3/t28-/m0/s1. The second-order valence-electron chi connectivity index (χ2n) is 9.27. The number of methoxy groups -OCH3 is 1. The molecule has 0 bridgehead atoms. The number of fused-ring (bicyclic) bond motifs is 5. The molecule has 2 aliphatic rings. The van der Waals surface area contributed by atoms with Gasteiger partial charge in [-0.2, -0.15) is 0 Å². The van der Waals surface area contributed by atoms with E-state index in [-0.39, 0.29) is 42.1 Å². The molecule has 194 valence electrons. The first-order valence-corrected chi connectivity index (χ1v) is 12.2. The normalized spacial score (nSPS) is 17.5. The van der Waals surface area contributed by atoms with Crippen LogP contribution >= 0.6 is 0 Å². The minimum Gasteiger partial charge on any atom is -0.497 e. The Hall–Kier alpha value is -4.44. The Morgan fingerprint density at radius 2 is 2.05 bits per heavy atom. The number of aromatic nitrogens is 2. The number of furan rings is 1. The highest BCUT2D eigenvalue weighted by Crippen LogP contribution is 2.40. The van der Waals surface area contributed by atoms with Crippen LogP contribution in [0.2, 0.25) is 0 Å². The molecule has 10 nitrogen and oxygen atoms in total. The van der Waals surface area contributed by atoms with E-state index in [1.807, 2.05) is 25.1 Å². The van der Waals surface area contributed by atoms with Gasteiger partial charge in [0.15, 0.2) is 5.60 Å². The van der Waals surface area contributed by atoms with Crippen molar-refractivity contribution in [3.63, 3.8) is 0 Å². The fourth-order valence-corrected chi connectivity index (χ4v) is 5.33. The molecule has 0 aliphatic carbocycles. The second kappa shape index (κ2) is 8.84. The zero-order valence-corrected chi connectivity index (χ0v) is 20.8. The molecule has 1 atom stereocenters. The van der Waals surface area contributed by atoms with Crippen molar-refractivity contribution in [2.75, 3.05) is 13.7 Å². The van der Waals surface area contributed by atoms with Crippen molar-refractivity contribution in [3.05, 3.63) is 81.0 Å². The molecule has 0 radical (unpaired) electrons. The number of pyridine rings is 2. The Morgan fingerprint density at radius 3 is 2.79 bits per heavy atom. The van der Waals surface area contributed by atoms with Gasteiger partial charge in [0.25, 0.3) is 5.56 Å². The molecule has 0 unspecified atom stereocenters. The number of aryl methyl sites for hydroxylation is 1. The van der Waals surface area contributed by atoms with Gasteiger partial charge in [-0.15, -0.1) is 0 Å². The molecule has 1 aromatic carbocycles. The zero-order chi connectivity index (χ0) is 26.6. The van der Waals surface area contributed by atoms with E-state index < -0.39 is 17.5 Å². The van der Waals surface area contributed by atoms with E-state index in [1.165, 1.54) is 12.3 Å². The van der Waals surface area contributed by atoms with Crippen LogP contribution in [-0.2, 0) is 39.4 Å². The van der Waals surface area contributed by atoms with E-state index in [0.717, 1.165) is 22.0 Å². The van der Waals surface area contributed by atoms with Crippen molar-refractivity contribution in [1.82, 2.24) is 9.55 Å². The summed E-state index contributed by atoms with van der Waals surface area (Å²) in [7, 11) is 1.61. The Kier molecular flexibility index (Phi) is 5.57. The first kappa shape index (κ1) is 23.9. The minimum atomic E-state index is -2.17. The van der Waals surface area contributed by atoms with E-state index in [9.17, 15) is 19.5 Å². The highest BCUT2D eigenvalue weighted by Gasteiger charge is 2.47. The lowest BCUT2D eigenvalue weighted by Crippen LogP contribution is -2.45. The van der Waals surface area contributed by atoms with Gasteiger partial charge in [0, 0.05) is 22.9 Å². The van der Waals surface area contributed by atoms with Gasteiger partial charge < -0.3 is 28.3 Å². The molecule has 0 saturated carbocycles. The van der Waals surface area contributed by atoms with Crippen molar-refractivity contribution in [3.8, 4) is 17.1 Å². The van der Waals surface area contributed by atoms with Gasteiger partial charge in [0.2, 0.25) is 5.76 Å². The Morgan fingerprint density at radius 1 is 1.21 bits per heavy atom. The van der Waals surface area contributed by atoms with E-state index in [4.69, 9.17) is 23.6 Å². The summed E-state index contributed by atoms with van der Waals surface area (Å²) in [5, 5.41) is 12.4. The Bertz CT molecular complexity index is 1670. The van der Waals surface area contributed by atoms with Gasteiger partial charge in [0.05, 0.1) is 49.0 Å². The van der Waals surface area contributed by atoms with Crippen LogP contribution in [0.5, 0.6) is 5.75 Å². The molecule has 0 spiro atoms. The zero-order valence-electron chi connectivity index (χ0n) is 20.8. The van der Waals surface area contributed by atoms with Crippen LogP contribution in [0.25, 0.3) is 22.3 Å². The number of cyclic esters (lactones) is 1. The molecule has 0 amide bonds. The summed E-state index contributed by atoms with van der Waals surface area (Å²) in [6, 6.07) is 10.3. The number of esters is 2. The number of aliphatic hydroxyl groups is 1. The molecule has 3 aromatic heterocycles. The molecule has 0 fully saturated rings. The van der Waals surface area contributed by atoms with Gasteiger partial charge in [-0.05, 0) is 48.4 Å². The summed E-state index contributed by atoms with van der Waals surface area (Å²) in [4.78, 5) is 43.4. The van der Waals surface area contributed by atoms with Crippen molar-refractivity contribution in [1.29, 1.82) is 0 Å². The fraction of sp³-hybridized carbons (Fsp3) is 0.286. The summed E-state index contributed by atoms with van der Waals surface area (Å²) in [5.41, 5.74) is 1.64. The maximum absolute atomic E-state index is 13.6. The summed E-state index contributed by atoms with van der Waals surface area (Å²) in [5.74, 6) is -0.926. The lowest BCUT2D eigenvalue weighted by atomic mass is 9.85. The monoisotopic (exact) mass is 516 g/mol. The number of carbonyl (C=O) groups excluding carboxylic acids is 2. The molecular weight excluding hydrogens is 492 g/mol. The van der Waals surface area contributed by atoms with E-state index >= 15 is 0 Å². The van der Waals surface area contributed by atoms with Crippen LogP contribution in [0.4, 0.5) is 0 Å². The van der Waals surface area contributed by atoms with Crippen LogP contribution in [0.3, 0.4) is 0 Å². The van der Waals surface area contributed by atoms with Crippen LogP contribution in [0, 0.1) is 0 Å². The first-order valence-electron chi connectivity index (χ1n) is 12.2. The summed E-state index contributed by atoms with van der Waals surface area (Å²) >= 11 is 0. The maximum Gasteiger partial charge on any atom is 0.374 e. The van der Waals surface area contributed by atoms with Gasteiger partial charge in [-0.1, -0.05) is 6.92 Å². The lowest BCUT2D eigenvalue weighted by Gasteiger charge is -2.32. The number of carbonyl (C=O) groups is 2. The highest BCUT2D eigenvalue weighted by atomic mass is 16.6. The third-order valence-electron chi connectivity index (χ3n) is 7.27. The number of ether oxygens (including phenoxy) is 3. The fourth-order valence-electron chi connectivity index (χ4n) is 5.33. The quantitative estimate of drug-likeness (QED) is 0.338.